The smallest absolute Gasteiger partial charge is 0.343 e. The van der Waals surface area contributed by atoms with E-state index in [9.17, 15) is 27.2 Å². The molecule has 198 valence electrons. The Balaban J connectivity index is 1.53. The van der Waals surface area contributed by atoms with E-state index in [1.165, 1.54) is 12.1 Å². The van der Waals surface area contributed by atoms with Crippen molar-refractivity contribution in [3.63, 3.8) is 0 Å². The Bertz CT molecular complexity index is 1280. The second-order valence-electron chi connectivity index (χ2n) is 8.11. The van der Waals surface area contributed by atoms with Gasteiger partial charge >= 0.3 is 24.3 Å². The monoisotopic (exact) mass is 528 g/mol. The van der Waals surface area contributed by atoms with Crippen LogP contribution in [0.15, 0.2) is 72.8 Å². The number of unbranched alkanes of at least 4 members (excludes halogenated alkanes) is 1. The molecule has 0 amide bonds. The first-order valence-corrected chi connectivity index (χ1v) is 11.7. The topological polar surface area (TPSA) is 61.8 Å². The van der Waals surface area contributed by atoms with E-state index in [2.05, 4.69) is 23.5 Å². The van der Waals surface area contributed by atoms with Gasteiger partial charge in [-0.15, -0.1) is 0 Å². The SMILES string of the molecule is CCCCOc1ccc(C#Cc2ccc(C(=O)Oc3ccc(C(=O)OCC(F)(F)C(F)F)cc3)cc2)cc1. The van der Waals surface area contributed by atoms with Crippen molar-refractivity contribution in [1.29, 1.82) is 0 Å². The van der Waals surface area contributed by atoms with E-state index >= 15 is 0 Å². The molecule has 3 aromatic rings. The molecule has 0 aliphatic heterocycles. The van der Waals surface area contributed by atoms with E-state index in [1.807, 2.05) is 24.3 Å². The third-order valence-electron chi connectivity index (χ3n) is 5.11. The van der Waals surface area contributed by atoms with Gasteiger partial charge in [0.1, 0.15) is 11.5 Å². The van der Waals surface area contributed by atoms with Crippen molar-refractivity contribution in [2.24, 2.45) is 0 Å². The molecule has 0 N–H and O–H groups in total. The molecule has 0 aliphatic carbocycles. The summed E-state index contributed by atoms with van der Waals surface area (Å²) in [5.74, 6) is 0.599. The quantitative estimate of drug-likeness (QED) is 0.0983. The number of esters is 2. The van der Waals surface area contributed by atoms with Crippen LogP contribution in [-0.4, -0.2) is 37.5 Å². The van der Waals surface area contributed by atoms with Gasteiger partial charge in [0.2, 0.25) is 0 Å². The second kappa shape index (κ2) is 13.3. The highest BCUT2D eigenvalue weighted by Gasteiger charge is 2.42. The minimum absolute atomic E-state index is 0.0791. The van der Waals surface area contributed by atoms with Gasteiger partial charge < -0.3 is 14.2 Å². The maximum atomic E-state index is 12.9. The fourth-order valence-corrected chi connectivity index (χ4v) is 2.94. The van der Waals surface area contributed by atoms with Crippen molar-refractivity contribution in [1.82, 2.24) is 0 Å². The molecule has 0 unspecified atom stereocenters. The van der Waals surface area contributed by atoms with Crippen molar-refractivity contribution in [3.05, 3.63) is 95.1 Å². The molecular formula is C29H24F4O5. The summed E-state index contributed by atoms with van der Waals surface area (Å²) in [5.41, 5.74) is 1.58. The lowest BCUT2D eigenvalue weighted by Crippen LogP contribution is -2.33. The summed E-state index contributed by atoms with van der Waals surface area (Å²) in [4.78, 5) is 24.2. The zero-order valence-corrected chi connectivity index (χ0v) is 20.4. The zero-order valence-electron chi connectivity index (χ0n) is 20.4. The van der Waals surface area contributed by atoms with Gasteiger partial charge in [-0.25, -0.2) is 18.4 Å². The van der Waals surface area contributed by atoms with Gasteiger partial charge in [-0.1, -0.05) is 25.2 Å². The minimum Gasteiger partial charge on any atom is -0.494 e. The highest BCUT2D eigenvalue weighted by atomic mass is 19.3. The predicted octanol–water partition coefficient (Wildman–Crippen LogP) is 6.54. The number of hydrogen-bond acceptors (Lipinski definition) is 5. The van der Waals surface area contributed by atoms with Crippen molar-refractivity contribution in [2.75, 3.05) is 13.2 Å². The van der Waals surface area contributed by atoms with Gasteiger partial charge in [0, 0.05) is 11.1 Å². The Morgan fingerprint density at radius 2 is 1.29 bits per heavy atom. The Hall–Kier alpha value is -4.32. The Morgan fingerprint density at radius 3 is 1.84 bits per heavy atom. The van der Waals surface area contributed by atoms with Gasteiger partial charge in [-0.2, -0.15) is 8.78 Å². The number of rotatable bonds is 10. The van der Waals surface area contributed by atoms with Crippen LogP contribution in [-0.2, 0) is 4.74 Å². The first-order chi connectivity index (χ1) is 18.2. The maximum absolute atomic E-state index is 12.9. The molecule has 0 saturated heterocycles. The summed E-state index contributed by atoms with van der Waals surface area (Å²) in [6.45, 7) is 1.02. The van der Waals surface area contributed by atoms with Gasteiger partial charge in [0.25, 0.3) is 0 Å². The fraction of sp³-hybridized carbons (Fsp3) is 0.241. The van der Waals surface area contributed by atoms with E-state index in [1.54, 1.807) is 24.3 Å². The fourth-order valence-electron chi connectivity index (χ4n) is 2.94. The van der Waals surface area contributed by atoms with Crippen LogP contribution >= 0.6 is 0 Å². The van der Waals surface area contributed by atoms with Crippen LogP contribution in [0.2, 0.25) is 0 Å². The van der Waals surface area contributed by atoms with Crippen LogP contribution in [0.25, 0.3) is 0 Å². The molecule has 0 atom stereocenters. The van der Waals surface area contributed by atoms with Crippen molar-refractivity contribution < 1.29 is 41.4 Å². The summed E-state index contributed by atoms with van der Waals surface area (Å²) in [6.07, 6.45) is -1.90. The average molecular weight is 528 g/mol. The molecule has 0 bridgehead atoms. The maximum Gasteiger partial charge on any atom is 0.343 e. The number of hydrogen-bond donors (Lipinski definition) is 0. The number of carbonyl (C=O) groups excluding carboxylic acids is 2. The van der Waals surface area contributed by atoms with Crippen molar-refractivity contribution in [2.45, 2.75) is 32.1 Å². The summed E-state index contributed by atoms with van der Waals surface area (Å²) in [5, 5.41) is 0. The molecule has 0 heterocycles. The minimum atomic E-state index is -4.44. The molecule has 5 nitrogen and oxygen atoms in total. The Labute approximate surface area is 217 Å². The van der Waals surface area contributed by atoms with Gasteiger partial charge in [-0.05, 0) is 79.2 Å². The Kier molecular flexibility index (Phi) is 9.88. The molecule has 9 heteroatoms. The highest BCUT2D eigenvalue weighted by Crippen LogP contribution is 2.24. The number of alkyl halides is 4. The molecule has 3 aromatic carbocycles. The number of carbonyl (C=O) groups is 2. The van der Waals surface area contributed by atoms with Gasteiger partial charge in [-0.3, -0.25) is 0 Å². The second-order valence-corrected chi connectivity index (χ2v) is 8.11. The third kappa shape index (κ3) is 8.37. The molecule has 38 heavy (non-hydrogen) atoms. The number of halogens is 4. The summed E-state index contributed by atoms with van der Waals surface area (Å²) >= 11 is 0. The molecule has 0 aromatic heterocycles. The normalized spacial score (nSPS) is 10.9. The Morgan fingerprint density at radius 1 is 0.789 bits per heavy atom. The van der Waals surface area contributed by atoms with Crippen molar-refractivity contribution in [3.8, 4) is 23.3 Å². The van der Waals surface area contributed by atoms with Gasteiger partial charge in [0.05, 0.1) is 17.7 Å². The lowest BCUT2D eigenvalue weighted by Gasteiger charge is -2.15. The average Bonchev–Trinajstić information content (AvgIpc) is 2.92. The number of benzene rings is 3. The van der Waals surface area contributed by atoms with E-state index in [0.29, 0.717) is 12.2 Å². The standard InChI is InChI=1S/C29H24F4O5/c1-2-3-18-36-24-14-8-21(9-15-24)5-4-20-6-10-23(11-7-20)27(35)38-25-16-12-22(13-17-25)26(34)37-19-29(32,33)28(30)31/h6-17,28H,2-3,18-19H2,1H3. The first kappa shape index (κ1) is 28.3. The molecule has 0 spiro atoms. The van der Waals surface area contributed by atoms with E-state index in [4.69, 9.17) is 9.47 Å². The van der Waals surface area contributed by atoms with E-state index in [0.717, 1.165) is 36.3 Å². The largest absolute Gasteiger partial charge is 0.494 e. The molecule has 0 radical (unpaired) electrons. The molecular weight excluding hydrogens is 504 g/mol. The van der Waals surface area contributed by atoms with Crippen molar-refractivity contribution >= 4 is 11.9 Å². The molecule has 3 rings (SSSR count). The van der Waals surface area contributed by atoms with Crippen LogP contribution in [0.3, 0.4) is 0 Å². The third-order valence-corrected chi connectivity index (χ3v) is 5.11. The lowest BCUT2D eigenvalue weighted by atomic mass is 10.1. The summed E-state index contributed by atoms with van der Waals surface area (Å²) in [7, 11) is 0. The van der Waals surface area contributed by atoms with Crippen LogP contribution in [0.4, 0.5) is 17.6 Å². The first-order valence-electron chi connectivity index (χ1n) is 11.7. The van der Waals surface area contributed by atoms with E-state index in [-0.39, 0.29) is 16.9 Å². The van der Waals surface area contributed by atoms with Gasteiger partial charge in [0.15, 0.2) is 6.61 Å². The number of ether oxygens (including phenoxy) is 3. The van der Waals surface area contributed by atoms with Crippen LogP contribution in [0.1, 0.15) is 51.6 Å². The molecule has 0 fully saturated rings. The van der Waals surface area contributed by atoms with Crippen LogP contribution in [0, 0.1) is 11.8 Å². The van der Waals surface area contributed by atoms with E-state index < -0.39 is 30.9 Å². The predicted molar refractivity (Wildman–Crippen MR) is 132 cm³/mol. The zero-order chi connectivity index (χ0) is 27.5. The molecule has 0 aliphatic rings. The molecule has 0 saturated carbocycles. The lowest BCUT2D eigenvalue weighted by molar-refractivity contribution is -0.155. The van der Waals surface area contributed by atoms with Crippen LogP contribution in [0.5, 0.6) is 11.5 Å². The van der Waals surface area contributed by atoms with Crippen LogP contribution < -0.4 is 9.47 Å². The summed E-state index contributed by atoms with van der Waals surface area (Å²) < 4.78 is 65.2. The highest BCUT2D eigenvalue weighted by molar-refractivity contribution is 5.92. The summed E-state index contributed by atoms with van der Waals surface area (Å²) in [6, 6.07) is 18.7.